The monoisotopic (exact) mass is 421 g/mol. The molecular formula is C23H27N5O3. The highest BCUT2D eigenvalue weighted by Crippen LogP contribution is 2.29. The van der Waals surface area contributed by atoms with Crippen molar-refractivity contribution in [2.45, 2.75) is 13.8 Å². The van der Waals surface area contributed by atoms with Gasteiger partial charge in [-0.25, -0.2) is 14.8 Å². The number of carbonyl (C=O) groups is 1. The Bertz CT molecular complexity index is 1050. The van der Waals surface area contributed by atoms with Crippen LogP contribution in [0.2, 0.25) is 0 Å². The third kappa shape index (κ3) is 4.63. The molecular weight excluding hydrogens is 394 g/mol. The number of hydrogen-bond donors (Lipinski definition) is 1. The fourth-order valence-corrected chi connectivity index (χ4v) is 3.63. The van der Waals surface area contributed by atoms with Gasteiger partial charge in [0.2, 0.25) is 0 Å². The predicted molar refractivity (Wildman–Crippen MR) is 121 cm³/mol. The molecule has 0 spiro atoms. The summed E-state index contributed by atoms with van der Waals surface area (Å²) < 4.78 is 11.4. The van der Waals surface area contributed by atoms with Gasteiger partial charge >= 0.3 is 6.03 Å². The van der Waals surface area contributed by atoms with Crippen molar-refractivity contribution in [3.8, 4) is 11.6 Å². The number of para-hydroxylation sites is 4. The maximum atomic E-state index is 12.9. The van der Waals surface area contributed by atoms with Crippen LogP contribution in [0.25, 0.3) is 11.0 Å². The summed E-state index contributed by atoms with van der Waals surface area (Å²) in [6, 6.07) is 15.3. The Morgan fingerprint density at radius 1 is 0.903 bits per heavy atom. The lowest BCUT2D eigenvalue weighted by atomic mass is 10.2. The Balaban J connectivity index is 1.44. The number of piperazine rings is 1. The zero-order valence-corrected chi connectivity index (χ0v) is 17.9. The molecule has 1 fully saturated rings. The number of aromatic nitrogens is 2. The van der Waals surface area contributed by atoms with E-state index >= 15 is 0 Å². The van der Waals surface area contributed by atoms with E-state index in [0.717, 1.165) is 30.0 Å². The molecule has 0 aliphatic carbocycles. The van der Waals surface area contributed by atoms with Crippen LogP contribution in [0.3, 0.4) is 0 Å². The number of carbonyl (C=O) groups excluding carboxylic acids is 1. The number of rotatable bonds is 6. The molecule has 1 N–H and O–H groups in total. The number of urea groups is 1. The van der Waals surface area contributed by atoms with Gasteiger partial charge in [0, 0.05) is 26.2 Å². The number of ether oxygens (including phenoxy) is 2. The van der Waals surface area contributed by atoms with Gasteiger partial charge in [-0.15, -0.1) is 0 Å². The topological polar surface area (TPSA) is 79.8 Å². The number of nitrogens with zero attached hydrogens (tertiary/aromatic N) is 4. The molecule has 0 bridgehead atoms. The molecule has 2 heterocycles. The van der Waals surface area contributed by atoms with Gasteiger partial charge in [0.25, 0.3) is 5.88 Å². The van der Waals surface area contributed by atoms with Crippen LogP contribution in [0.1, 0.15) is 13.8 Å². The molecule has 4 rings (SSSR count). The minimum atomic E-state index is -0.205. The van der Waals surface area contributed by atoms with Crippen molar-refractivity contribution in [2.75, 3.05) is 49.6 Å². The minimum absolute atomic E-state index is 0.205. The van der Waals surface area contributed by atoms with Crippen molar-refractivity contribution < 1.29 is 14.3 Å². The zero-order chi connectivity index (χ0) is 21.6. The molecule has 8 nitrogen and oxygen atoms in total. The van der Waals surface area contributed by atoms with Crippen molar-refractivity contribution in [2.24, 2.45) is 0 Å². The van der Waals surface area contributed by atoms with E-state index in [1.807, 2.05) is 56.3 Å². The number of benzene rings is 2. The molecule has 3 aromatic rings. The van der Waals surface area contributed by atoms with E-state index in [1.165, 1.54) is 0 Å². The Kier molecular flexibility index (Phi) is 6.35. The van der Waals surface area contributed by atoms with Gasteiger partial charge in [0.15, 0.2) is 5.82 Å². The van der Waals surface area contributed by atoms with Gasteiger partial charge in [-0.1, -0.05) is 24.3 Å². The fourth-order valence-electron chi connectivity index (χ4n) is 3.63. The number of fused-ring (bicyclic) bond motifs is 1. The van der Waals surface area contributed by atoms with Crippen LogP contribution in [0, 0.1) is 0 Å². The highest BCUT2D eigenvalue weighted by molar-refractivity contribution is 5.91. The number of amides is 2. The van der Waals surface area contributed by atoms with Crippen LogP contribution in [-0.2, 0) is 0 Å². The molecule has 2 amide bonds. The molecule has 1 aliphatic heterocycles. The molecule has 1 aromatic heterocycles. The lowest BCUT2D eigenvalue weighted by Gasteiger charge is -2.36. The fraction of sp³-hybridized carbons (Fsp3) is 0.348. The lowest BCUT2D eigenvalue weighted by Crippen LogP contribution is -2.50. The highest BCUT2D eigenvalue weighted by atomic mass is 16.5. The summed E-state index contributed by atoms with van der Waals surface area (Å²) >= 11 is 0. The van der Waals surface area contributed by atoms with E-state index in [1.54, 1.807) is 4.90 Å². The maximum Gasteiger partial charge on any atom is 0.323 e. The van der Waals surface area contributed by atoms with Crippen molar-refractivity contribution in [1.29, 1.82) is 0 Å². The van der Waals surface area contributed by atoms with E-state index in [-0.39, 0.29) is 6.03 Å². The van der Waals surface area contributed by atoms with Gasteiger partial charge in [-0.2, -0.15) is 0 Å². The van der Waals surface area contributed by atoms with Crippen molar-refractivity contribution in [3.63, 3.8) is 0 Å². The lowest BCUT2D eigenvalue weighted by molar-refractivity contribution is 0.207. The Morgan fingerprint density at radius 2 is 1.55 bits per heavy atom. The second kappa shape index (κ2) is 9.51. The van der Waals surface area contributed by atoms with Crippen LogP contribution in [0.5, 0.6) is 11.6 Å². The summed E-state index contributed by atoms with van der Waals surface area (Å²) in [4.78, 5) is 26.0. The second-order valence-corrected chi connectivity index (χ2v) is 7.10. The average Bonchev–Trinajstić information content (AvgIpc) is 2.80. The van der Waals surface area contributed by atoms with E-state index in [9.17, 15) is 4.79 Å². The summed E-state index contributed by atoms with van der Waals surface area (Å²) in [5, 5.41) is 2.89. The molecule has 0 radical (unpaired) electrons. The van der Waals surface area contributed by atoms with Crippen LogP contribution in [0.4, 0.5) is 16.3 Å². The van der Waals surface area contributed by atoms with Crippen LogP contribution in [-0.4, -0.2) is 60.3 Å². The smallest absolute Gasteiger partial charge is 0.323 e. The maximum absolute atomic E-state index is 12.9. The molecule has 162 valence electrons. The summed E-state index contributed by atoms with van der Waals surface area (Å²) in [5.74, 6) is 1.55. The molecule has 31 heavy (non-hydrogen) atoms. The Morgan fingerprint density at radius 3 is 2.26 bits per heavy atom. The first-order valence-electron chi connectivity index (χ1n) is 10.6. The van der Waals surface area contributed by atoms with Gasteiger partial charge in [-0.3, -0.25) is 5.32 Å². The Labute approximate surface area is 181 Å². The molecule has 8 heteroatoms. The standard InChI is InChI=1S/C23H27N5O3/c1-3-30-20-12-8-7-11-19(20)27-13-15-28(16-14-27)23(29)26-21-22(31-4-2)25-18-10-6-5-9-17(18)24-21/h5-12H,3-4,13-16H2,1-2H3,(H,24,26,29). The normalized spacial score (nSPS) is 13.9. The van der Waals surface area contributed by atoms with Crippen molar-refractivity contribution in [3.05, 3.63) is 48.5 Å². The molecule has 0 unspecified atom stereocenters. The Hall–Kier alpha value is -3.55. The zero-order valence-electron chi connectivity index (χ0n) is 17.9. The summed E-state index contributed by atoms with van der Waals surface area (Å²) in [5.41, 5.74) is 2.49. The SMILES string of the molecule is CCOc1ccccc1N1CCN(C(=O)Nc2nc3ccccc3nc2OCC)CC1. The predicted octanol–water partition coefficient (Wildman–Crippen LogP) is 3.78. The van der Waals surface area contributed by atoms with Gasteiger partial charge in [0.1, 0.15) is 5.75 Å². The molecule has 1 aliphatic rings. The minimum Gasteiger partial charge on any atom is -0.492 e. The molecule has 1 saturated heterocycles. The first-order valence-corrected chi connectivity index (χ1v) is 10.6. The number of anilines is 2. The molecule has 2 aromatic carbocycles. The van der Waals surface area contributed by atoms with E-state index in [0.29, 0.717) is 43.5 Å². The van der Waals surface area contributed by atoms with Crippen LogP contribution in [0.15, 0.2) is 48.5 Å². The van der Waals surface area contributed by atoms with Crippen LogP contribution >= 0.6 is 0 Å². The van der Waals surface area contributed by atoms with E-state index in [2.05, 4.69) is 26.3 Å². The third-order valence-corrected chi connectivity index (χ3v) is 5.12. The number of hydrogen-bond acceptors (Lipinski definition) is 6. The van der Waals surface area contributed by atoms with Gasteiger partial charge in [-0.05, 0) is 38.1 Å². The van der Waals surface area contributed by atoms with Crippen LogP contribution < -0.4 is 19.7 Å². The van der Waals surface area contributed by atoms with E-state index in [4.69, 9.17) is 9.47 Å². The quantitative estimate of drug-likeness (QED) is 0.653. The first kappa shape index (κ1) is 20.7. The second-order valence-electron chi connectivity index (χ2n) is 7.10. The number of nitrogens with one attached hydrogen (secondary N) is 1. The highest BCUT2D eigenvalue weighted by Gasteiger charge is 2.24. The average molecular weight is 422 g/mol. The third-order valence-electron chi connectivity index (χ3n) is 5.12. The largest absolute Gasteiger partial charge is 0.492 e. The molecule has 0 saturated carbocycles. The summed E-state index contributed by atoms with van der Waals surface area (Å²) in [7, 11) is 0. The van der Waals surface area contributed by atoms with Gasteiger partial charge in [0.05, 0.1) is 29.9 Å². The molecule has 0 atom stereocenters. The summed E-state index contributed by atoms with van der Waals surface area (Å²) in [6.45, 7) is 7.54. The summed E-state index contributed by atoms with van der Waals surface area (Å²) in [6.07, 6.45) is 0. The first-order chi connectivity index (χ1) is 15.2. The van der Waals surface area contributed by atoms with E-state index < -0.39 is 0 Å². The van der Waals surface area contributed by atoms with Crippen molar-refractivity contribution in [1.82, 2.24) is 14.9 Å². The van der Waals surface area contributed by atoms with Gasteiger partial charge < -0.3 is 19.3 Å². The van der Waals surface area contributed by atoms with Crippen molar-refractivity contribution >= 4 is 28.6 Å².